The van der Waals surface area contributed by atoms with E-state index in [2.05, 4.69) is 60.7 Å². The van der Waals surface area contributed by atoms with Crippen molar-refractivity contribution in [2.75, 3.05) is 0 Å². The van der Waals surface area contributed by atoms with Gasteiger partial charge in [0, 0.05) is 0 Å². The van der Waals surface area contributed by atoms with Gasteiger partial charge >= 0.3 is 0 Å². The standard InChI is InChI=1S/C20H16S/c21-20(18-9-5-2-6-10-18)19-13-11-17(12-14-19)15-16-7-3-1-4-8-16/h1-14H,15H2. The molecule has 0 spiro atoms. The van der Waals surface area contributed by atoms with Gasteiger partial charge in [0.15, 0.2) is 0 Å². The number of rotatable bonds is 4. The minimum absolute atomic E-state index is 0.905. The second-order valence-corrected chi connectivity index (χ2v) is 5.46. The van der Waals surface area contributed by atoms with E-state index in [-0.39, 0.29) is 0 Å². The molecule has 0 saturated heterocycles. The molecule has 0 aliphatic rings. The van der Waals surface area contributed by atoms with Crippen LogP contribution < -0.4 is 0 Å². The molecule has 0 bridgehead atoms. The first-order valence-corrected chi connectivity index (χ1v) is 7.46. The normalized spacial score (nSPS) is 10.3. The summed E-state index contributed by atoms with van der Waals surface area (Å²) in [5.41, 5.74) is 4.84. The molecule has 0 aromatic heterocycles. The quantitative estimate of drug-likeness (QED) is 0.478. The van der Waals surface area contributed by atoms with Crippen molar-refractivity contribution in [1.82, 2.24) is 0 Å². The average molecular weight is 288 g/mol. The highest BCUT2D eigenvalue weighted by atomic mass is 32.1. The lowest BCUT2D eigenvalue weighted by atomic mass is 10.0. The molecule has 0 aliphatic heterocycles. The molecule has 3 aromatic rings. The lowest BCUT2D eigenvalue weighted by Gasteiger charge is -2.06. The SMILES string of the molecule is S=C(c1ccccc1)c1ccc(Cc2ccccc2)cc1. The molecule has 0 amide bonds. The summed E-state index contributed by atoms with van der Waals surface area (Å²) >= 11 is 5.56. The van der Waals surface area contributed by atoms with E-state index in [0.29, 0.717) is 0 Å². The molecule has 102 valence electrons. The molecule has 0 fully saturated rings. The summed E-state index contributed by atoms with van der Waals surface area (Å²) in [5, 5.41) is 0. The molecule has 0 unspecified atom stereocenters. The number of hydrogen-bond acceptors (Lipinski definition) is 1. The maximum Gasteiger partial charge on any atom is 0.0521 e. The topological polar surface area (TPSA) is 0 Å². The van der Waals surface area contributed by atoms with Gasteiger partial charge < -0.3 is 0 Å². The van der Waals surface area contributed by atoms with Crippen LogP contribution in [-0.4, -0.2) is 4.86 Å². The van der Waals surface area contributed by atoms with Crippen molar-refractivity contribution in [3.8, 4) is 0 Å². The Morgan fingerprint density at radius 2 is 1.05 bits per heavy atom. The summed E-state index contributed by atoms with van der Waals surface area (Å²) in [6.45, 7) is 0. The molecule has 0 heterocycles. The van der Waals surface area contributed by atoms with Crippen LogP contribution >= 0.6 is 12.2 Å². The van der Waals surface area contributed by atoms with Crippen molar-refractivity contribution in [2.45, 2.75) is 6.42 Å². The highest BCUT2D eigenvalue weighted by Gasteiger charge is 2.04. The summed E-state index contributed by atoms with van der Waals surface area (Å²) in [7, 11) is 0. The molecule has 0 aliphatic carbocycles. The first kappa shape index (κ1) is 13.7. The van der Waals surface area contributed by atoms with Crippen molar-refractivity contribution in [1.29, 1.82) is 0 Å². The Labute approximate surface area is 131 Å². The first-order chi connectivity index (χ1) is 10.3. The van der Waals surface area contributed by atoms with Gasteiger partial charge in [-0.25, -0.2) is 0 Å². The van der Waals surface area contributed by atoms with E-state index < -0.39 is 0 Å². The van der Waals surface area contributed by atoms with Gasteiger partial charge in [0.25, 0.3) is 0 Å². The Morgan fingerprint density at radius 3 is 1.67 bits per heavy atom. The largest absolute Gasteiger partial charge is 0.0788 e. The molecule has 0 saturated carbocycles. The minimum atomic E-state index is 0.905. The van der Waals surface area contributed by atoms with Gasteiger partial charge in [0.05, 0.1) is 4.86 Å². The fourth-order valence-corrected chi connectivity index (χ4v) is 2.63. The zero-order valence-electron chi connectivity index (χ0n) is 11.7. The van der Waals surface area contributed by atoms with Gasteiger partial charge in [-0.15, -0.1) is 0 Å². The molecular formula is C20H16S. The molecule has 0 nitrogen and oxygen atoms in total. The maximum absolute atomic E-state index is 5.56. The van der Waals surface area contributed by atoms with Crippen LogP contribution in [0.5, 0.6) is 0 Å². The molecular weight excluding hydrogens is 272 g/mol. The highest BCUT2D eigenvalue weighted by Crippen LogP contribution is 2.14. The van der Waals surface area contributed by atoms with Crippen molar-refractivity contribution in [2.24, 2.45) is 0 Å². The fraction of sp³-hybridized carbons (Fsp3) is 0.0500. The Morgan fingerprint density at radius 1 is 0.571 bits per heavy atom. The zero-order chi connectivity index (χ0) is 14.5. The number of hydrogen-bond donors (Lipinski definition) is 0. The van der Waals surface area contributed by atoms with E-state index in [4.69, 9.17) is 12.2 Å². The summed E-state index contributed by atoms with van der Waals surface area (Å²) in [4.78, 5) is 0.905. The monoisotopic (exact) mass is 288 g/mol. The predicted molar refractivity (Wildman–Crippen MR) is 92.9 cm³/mol. The molecule has 1 heteroatoms. The van der Waals surface area contributed by atoms with Gasteiger partial charge in [0.2, 0.25) is 0 Å². The van der Waals surface area contributed by atoms with Crippen LogP contribution in [0, 0.1) is 0 Å². The van der Waals surface area contributed by atoms with Gasteiger partial charge in [-0.1, -0.05) is 97.1 Å². The van der Waals surface area contributed by atoms with E-state index in [1.165, 1.54) is 11.1 Å². The molecule has 0 N–H and O–H groups in total. The second kappa shape index (κ2) is 6.47. The summed E-state index contributed by atoms with van der Waals surface area (Å²) in [6.07, 6.45) is 0.958. The Hall–Kier alpha value is -2.25. The fourth-order valence-electron chi connectivity index (χ4n) is 2.36. The Balaban J connectivity index is 1.77. The van der Waals surface area contributed by atoms with Gasteiger partial charge in [-0.05, 0) is 28.7 Å². The molecule has 0 atom stereocenters. The van der Waals surface area contributed by atoms with E-state index in [0.717, 1.165) is 22.4 Å². The van der Waals surface area contributed by atoms with Gasteiger partial charge in [0.1, 0.15) is 0 Å². The summed E-state index contributed by atoms with van der Waals surface area (Å²) in [6, 6.07) is 29.2. The second-order valence-electron chi connectivity index (χ2n) is 5.05. The van der Waals surface area contributed by atoms with E-state index in [9.17, 15) is 0 Å². The third kappa shape index (κ3) is 3.45. The third-order valence-corrected chi connectivity index (χ3v) is 3.97. The zero-order valence-corrected chi connectivity index (χ0v) is 12.5. The third-order valence-electron chi connectivity index (χ3n) is 3.50. The van der Waals surface area contributed by atoms with Crippen LogP contribution in [0.15, 0.2) is 84.9 Å². The number of thiocarbonyl (C=S) groups is 1. The predicted octanol–water partition coefficient (Wildman–Crippen LogP) is 5.04. The Kier molecular flexibility index (Phi) is 4.23. The first-order valence-electron chi connectivity index (χ1n) is 7.05. The lowest BCUT2D eigenvalue weighted by molar-refractivity contribution is 1.19. The van der Waals surface area contributed by atoms with Gasteiger partial charge in [-0.3, -0.25) is 0 Å². The van der Waals surface area contributed by atoms with Crippen molar-refractivity contribution >= 4 is 17.1 Å². The van der Waals surface area contributed by atoms with Crippen LogP contribution in [-0.2, 0) is 6.42 Å². The summed E-state index contributed by atoms with van der Waals surface area (Å²) < 4.78 is 0. The molecule has 3 rings (SSSR count). The lowest BCUT2D eigenvalue weighted by Crippen LogP contribution is -1.99. The molecule has 21 heavy (non-hydrogen) atoms. The van der Waals surface area contributed by atoms with Crippen molar-refractivity contribution in [3.63, 3.8) is 0 Å². The number of benzene rings is 3. The molecule has 0 radical (unpaired) electrons. The van der Waals surface area contributed by atoms with Crippen molar-refractivity contribution in [3.05, 3.63) is 107 Å². The van der Waals surface area contributed by atoms with Crippen LogP contribution in [0.25, 0.3) is 0 Å². The van der Waals surface area contributed by atoms with E-state index in [1.54, 1.807) is 0 Å². The van der Waals surface area contributed by atoms with Crippen LogP contribution in [0.4, 0.5) is 0 Å². The van der Waals surface area contributed by atoms with E-state index in [1.807, 2.05) is 24.3 Å². The maximum atomic E-state index is 5.56. The summed E-state index contributed by atoms with van der Waals surface area (Å²) in [5.74, 6) is 0. The van der Waals surface area contributed by atoms with Gasteiger partial charge in [-0.2, -0.15) is 0 Å². The van der Waals surface area contributed by atoms with Crippen LogP contribution in [0.3, 0.4) is 0 Å². The van der Waals surface area contributed by atoms with Crippen molar-refractivity contribution < 1.29 is 0 Å². The average Bonchev–Trinajstić information content (AvgIpc) is 2.57. The molecule has 3 aromatic carbocycles. The minimum Gasteiger partial charge on any atom is -0.0788 e. The van der Waals surface area contributed by atoms with E-state index >= 15 is 0 Å². The van der Waals surface area contributed by atoms with Crippen LogP contribution in [0.2, 0.25) is 0 Å². The highest BCUT2D eigenvalue weighted by molar-refractivity contribution is 7.81. The smallest absolute Gasteiger partial charge is 0.0521 e. The van der Waals surface area contributed by atoms with Crippen LogP contribution in [0.1, 0.15) is 22.3 Å². The Bertz CT molecular complexity index is 713.